The monoisotopic (exact) mass is 420 g/mol. The van der Waals surface area contributed by atoms with Crippen LogP contribution >= 0.6 is 15.9 Å². The van der Waals surface area contributed by atoms with E-state index in [4.69, 9.17) is 14.6 Å². The Morgan fingerprint density at radius 1 is 1.23 bits per heavy atom. The lowest BCUT2D eigenvalue weighted by molar-refractivity contribution is -0.139. The lowest BCUT2D eigenvalue weighted by Crippen LogP contribution is -2.18. The Morgan fingerprint density at radius 3 is 2.65 bits per heavy atom. The third kappa shape index (κ3) is 5.32. The predicted molar refractivity (Wildman–Crippen MR) is 100 cm³/mol. The summed E-state index contributed by atoms with van der Waals surface area (Å²) in [7, 11) is 1.50. The molecule has 0 bridgehead atoms. The van der Waals surface area contributed by atoms with Gasteiger partial charge in [-0.05, 0) is 64.3 Å². The fourth-order valence-electron chi connectivity index (χ4n) is 2.07. The van der Waals surface area contributed by atoms with Gasteiger partial charge in [0, 0.05) is 0 Å². The van der Waals surface area contributed by atoms with E-state index >= 15 is 0 Å². The van der Waals surface area contributed by atoms with Crippen LogP contribution in [0.15, 0.2) is 46.0 Å². The van der Waals surface area contributed by atoms with Gasteiger partial charge in [0.25, 0.3) is 5.91 Å². The normalized spacial score (nSPS) is 10.6. The Hall–Kier alpha value is -2.87. The zero-order valence-electron chi connectivity index (χ0n) is 14.2. The maximum absolute atomic E-state index is 12.2. The highest BCUT2D eigenvalue weighted by Gasteiger charge is 2.11. The number of halogens is 1. The molecule has 0 radical (unpaired) electrons. The van der Waals surface area contributed by atoms with Gasteiger partial charge < -0.3 is 14.6 Å². The van der Waals surface area contributed by atoms with Gasteiger partial charge in [-0.25, -0.2) is 10.2 Å². The van der Waals surface area contributed by atoms with Crippen molar-refractivity contribution in [2.45, 2.75) is 6.92 Å². The predicted octanol–water partition coefficient (Wildman–Crippen LogP) is 2.99. The van der Waals surface area contributed by atoms with Crippen molar-refractivity contribution in [3.63, 3.8) is 0 Å². The van der Waals surface area contributed by atoms with Gasteiger partial charge in [-0.2, -0.15) is 5.10 Å². The largest absolute Gasteiger partial charge is 0.496 e. The minimum Gasteiger partial charge on any atom is -0.496 e. The number of hydrogen-bond donors (Lipinski definition) is 2. The summed E-state index contributed by atoms with van der Waals surface area (Å²) in [5.74, 6) is -0.575. The molecule has 0 aliphatic heterocycles. The molecule has 1 amide bonds. The molecule has 0 fully saturated rings. The summed E-state index contributed by atoms with van der Waals surface area (Å²) in [6, 6.07) is 10.2. The summed E-state index contributed by atoms with van der Waals surface area (Å²) in [6.45, 7) is 1.48. The van der Waals surface area contributed by atoms with Crippen LogP contribution in [0.2, 0.25) is 0 Å². The minimum absolute atomic E-state index is 0.383. The third-order valence-electron chi connectivity index (χ3n) is 3.29. The molecular formula is C18H17BrN2O5. The van der Waals surface area contributed by atoms with Crippen LogP contribution in [0.4, 0.5) is 0 Å². The molecule has 7 nitrogen and oxygen atoms in total. The van der Waals surface area contributed by atoms with Crippen LogP contribution < -0.4 is 14.9 Å². The van der Waals surface area contributed by atoms with Crippen molar-refractivity contribution < 1.29 is 24.2 Å². The molecule has 0 aliphatic rings. The lowest BCUT2D eigenvalue weighted by atomic mass is 10.1. The van der Waals surface area contributed by atoms with Crippen molar-refractivity contribution in [2.75, 3.05) is 13.7 Å². The van der Waals surface area contributed by atoms with Gasteiger partial charge in [-0.1, -0.05) is 6.07 Å². The maximum Gasteiger partial charge on any atom is 0.341 e. The first-order valence-corrected chi connectivity index (χ1v) is 8.32. The van der Waals surface area contributed by atoms with Crippen molar-refractivity contribution in [2.24, 2.45) is 5.10 Å². The number of carbonyl (C=O) groups excluding carboxylic acids is 1. The van der Waals surface area contributed by atoms with Gasteiger partial charge >= 0.3 is 5.97 Å². The zero-order valence-corrected chi connectivity index (χ0v) is 15.7. The number of methoxy groups -OCH3 is 1. The van der Waals surface area contributed by atoms with Crippen LogP contribution in [0, 0.1) is 6.92 Å². The number of nitrogens with one attached hydrogen (secondary N) is 1. The van der Waals surface area contributed by atoms with Crippen LogP contribution in [-0.2, 0) is 4.79 Å². The number of carbonyl (C=O) groups is 2. The van der Waals surface area contributed by atoms with E-state index < -0.39 is 18.5 Å². The molecule has 0 unspecified atom stereocenters. The topological polar surface area (TPSA) is 97.2 Å². The van der Waals surface area contributed by atoms with Gasteiger partial charge in [-0.3, -0.25) is 4.79 Å². The molecule has 2 aromatic carbocycles. The van der Waals surface area contributed by atoms with E-state index in [1.54, 1.807) is 30.3 Å². The van der Waals surface area contributed by atoms with Crippen LogP contribution in [0.5, 0.6) is 11.5 Å². The standard InChI is InChI=1S/C18H17BrN2O5/c1-11-3-5-13(16(7-11)25-2)18(24)21-20-9-12-4-6-15(14(19)8-12)26-10-17(22)23/h3-9H,10H2,1-2H3,(H,21,24)(H,22,23). The maximum atomic E-state index is 12.2. The van der Waals surface area contributed by atoms with E-state index in [-0.39, 0.29) is 0 Å². The molecule has 0 atom stereocenters. The molecule has 136 valence electrons. The zero-order chi connectivity index (χ0) is 19.1. The number of hydrogen-bond acceptors (Lipinski definition) is 5. The number of rotatable bonds is 7. The van der Waals surface area contributed by atoms with E-state index in [0.29, 0.717) is 27.1 Å². The Balaban J connectivity index is 2.03. The second-order valence-electron chi connectivity index (χ2n) is 5.28. The Labute approximate surface area is 158 Å². The molecule has 0 saturated heterocycles. The smallest absolute Gasteiger partial charge is 0.341 e. The van der Waals surface area contributed by atoms with Crippen molar-refractivity contribution in [1.29, 1.82) is 0 Å². The summed E-state index contributed by atoms with van der Waals surface area (Å²) in [6.07, 6.45) is 1.46. The van der Waals surface area contributed by atoms with Gasteiger partial charge in [0.1, 0.15) is 11.5 Å². The first-order chi connectivity index (χ1) is 12.4. The number of aryl methyl sites for hydroxylation is 1. The van der Waals surface area contributed by atoms with E-state index in [2.05, 4.69) is 26.5 Å². The highest BCUT2D eigenvalue weighted by molar-refractivity contribution is 9.10. The number of amides is 1. The SMILES string of the molecule is COc1cc(C)ccc1C(=O)NN=Cc1ccc(OCC(=O)O)c(Br)c1. The number of benzene rings is 2. The highest BCUT2D eigenvalue weighted by atomic mass is 79.9. The molecule has 2 aromatic rings. The number of ether oxygens (including phenoxy) is 2. The quantitative estimate of drug-likeness (QED) is 0.529. The molecule has 0 spiro atoms. The second-order valence-corrected chi connectivity index (χ2v) is 6.13. The summed E-state index contributed by atoms with van der Waals surface area (Å²) >= 11 is 3.30. The van der Waals surface area contributed by atoms with E-state index in [1.165, 1.54) is 13.3 Å². The average Bonchev–Trinajstić information content (AvgIpc) is 2.60. The molecule has 8 heteroatoms. The van der Waals surface area contributed by atoms with E-state index in [0.717, 1.165) is 5.56 Å². The van der Waals surface area contributed by atoms with Crippen molar-refractivity contribution in [1.82, 2.24) is 5.43 Å². The van der Waals surface area contributed by atoms with E-state index in [1.807, 2.05) is 13.0 Å². The molecule has 0 saturated carbocycles. The van der Waals surface area contributed by atoms with Crippen molar-refractivity contribution in [3.05, 3.63) is 57.6 Å². The second kappa shape index (κ2) is 9.00. The fraction of sp³-hybridized carbons (Fsp3) is 0.167. The highest BCUT2D eigenvalue weighted by Crippen LogP contribution is 2.25. The number of carboxylic acid groups (broad SMARTS) is 1. The van der Waals surface area contributed by atoms with Crippen molar-refractivity contribution >= 4 is 34.0 Å². The first kappa shape index (κ1) is 19.5. The Bertz CT molecular complexity index is 851. The van der Waals surface area contributed by atoms with Gasteiger partial charge in [0.15, 0.2) is 6.61 Å². The van der Waals surface area contributed by atoms with Gasteiger partial charge in [-0.15, -0.1) is 0 Å². The number of nitrogens with zero attached hydrogens (tertiary/aromatic N) is 1. The number of carboxylic acids is 1. The summed E-state index contributed by atoms with van der Waals surface area (Å²) in [5.41, 5.74) is 4.50. The summed E-state index contributed by atoms with van der Waals surface area (Å²) < 4.78 is 10.9. The van der Waals surface area contributed by atoms with Crippen LogP contribution in [-0.4, -0.2) is 36.9 Å². The lowest BCUT2D eigenvalue weighted by Gasteiger charge is -2.08. The first-order valence-electron chi connectivity index (χ1n) is 7.53. The van der Waals surface area contributed by atoms with E-state index in [9.17, 15) is 9.59 Å². The minimum atomic E-state index is -1.06. The Morgan fingerprint density at radius 2 is 2.00 bits per heavy atom. The van der Waals surface area contributed by atoms with Gasteiger partial charge in [0.05, 0.1) is 23.4 Å². The van der Waals surface area contributed by atoms with Crippen LogP contribution in [0.25, 0.3) is 0 Å². The average molecular weight is 421 g/mol. The molecule has 26 heavy (non-hydrogen) atoms. The molecule has 2 N–H and O–H groups in total. The van der Waals surface area contributed by atoms with Crippen LogP contribution in [0.1, 0.15) is 21.5 Å². The Kier molecular flexibility index (Phi) is 6.74. The summed E-state index contributed by atoms with van der Waals surface area (Å²) in [5, 5.41) is 12.5. The number of aliphatic carboxylic acids is 1. The molecule has 0 aromatic heterocycles. The van der Waals surface area contributed by atoms with Crippen LogP contribution in [0.3, 0.4) is 0 Å². The molecule has 0 aliphatic carbocycles. The molecule has 2 rings (SSSR count). The third-order valence-corrected chi connectivity index (χ3v) is 3.91. The van der Waals surface area contributed by atoms with Crippen molar-refractivity contribution in [3.8, 4) is 11.5 Å². The number of hydrazone groups is 1. The van der Waals surface area contributed by atoms with Gasteiger partial charge in [0.2, 0.25) is 0 Å². The molecule has 0 heterocycles. The fourth-order valence-corrected chi connectivity index (χ4v) is 2.58. The summed E-state index contributed by atoms with van der Waals surface area (Å²) in [4.78, 5) is 22.7. The molecular weight excluding hydrogens is 404 g/mol.